The summed E-state index contributed by atoms with van der Waals surface area (Å²) in [6, 6.07) is 13.7. The van der Waals surface area contributed by atoms with Gasteiger partial charge in [0.15, 0.2) is 0 Å². The second-order valence-electron chi connectivity index (χ2n) is 6.45. The number of nitrogens with zero attached hydrogens (tertiary/aromatic N) is 1. The van der Waals surface area contributed by atoms with E-state index in [1.54, 1.807) is 36.4 Å². The molecular weight excluding hydrogens is 342 g/mol. The number of ether oxygens (including phenoxy) is 1. The molecule has 0 fully saturated rings. The first-order chi connectivity index (χ1) is 13.1. The van der Waals surface area contributed by atoms with Gasteiger partial charge < -0.3 is 4.74 Å². The van der Waals surface area contributed by atoms with E-state index in [2.05, 4.69) is 0 Å². The number of imide groups is 1. The molecule has 2 amide bonds. The maximum Gasteiger partial charge on any atom is 0.308 e. The number of rotatable bonds is 2. The van der Waals surface area contributed by atoms with Crippen molar-refractivity contribution in [2.75, 3.05) is 4.90 Å². The highest BCUT2D eigenvalue weighted by molar-refractivity contribution is 6.26. The number of benzene rings is 2. The van der Waals surface area contributed by atoms with Gasteiger partial charge in [0, 0.05) is 12.5 Å². The molecule has 5 heteroatoms. The van der Waals surface area contributed by atoms with Crippen LogP contribution in [-0.2, 0) is 9.59 Å². The van der Waals surface area contributed by atoms with Gasteiger partial charge in [-0.2, -0.15) is 0 Å². The third kappa shape index (κ3) is 2.97. The Kier molecular flexibility index (Phi) is 4.20. The Morgan fingerprint density at radius 1 is 1.04 bits per heavy atom. The summed E-state index contributed by atoms with van der Waals surface area (Å²) in [4.78, 5) is 38.8. The van der Waals surface area contributed by atoms with Gasteiger partial charge in [0.05, 0.1) is 11.6 Å². The first kappa shape index (κ1) is 17.0. The summed E-state index contributed by atoms with van der Waals surface area (Å²) >= 11 is 0. The fourth-order valence-electron chi connectivity index (χ4n) is 3.51. The van der Waals surface area contributed by atoms with E-state index in [4.69, 9.17) is 4.74 Å². The minimum Gasteiger partial charge on any atom is -0.427 e. The van der Waals surface area contributed by atoms with Crippen molar-refractivity contribution >= 4 is 29.0 Å². The molecule has 134 valence electrons. The molecule has 1 unspecified atom stereocenters. The SMILES string of the molecule is CC(=O)Oc1ccc(N2C(=O)c3ccccc3C3=CC=CCC3C2=O)cc1. The van der Waals surface area contributed by atoms with Crippen LogP contribution in [0.5, 0.6) is 5.75 Å². The summed E-state index contributed by atoms with van der Waals surface area (Å²) in [6.45, 7) is 1.32. The molecule has 1 atom stereocenters. The molecule has 0 saturated heterocycles. The van der Waals surface area contributed by atoms with Gasteiger partial charge in [-0.1, -0.05) is 36.4 Å². The average molecular weight is 359 g/mol. The first-order valence-electron chi connectivity index (χ1n) is 8.69. The highest BCUT2D eigenvalue weighted by Gasteiger charge is 2.38. The molecule has 1 aliphatic carbocycles. The van der Waals surface area contributed by atoms with Gasteiger partial charge in [-0.3, -0.25) is 14.4 Å². The van der Waals surface area contributed by atoms with E-state index in [0.29, 0.717) is 23.4 Å². The van der Waals surface area contributed by atoms with Gasteiger partial charge in [-0.15, -0.1) is 0 Å². The lowest BCUT2D eigenvalue weighted by Crippen LogP contribution is -2.39. The highest BCUT2D eigenvalue weighted by Crippen LogP contribution is 2.38. The summed E-state index contributed by atoms with van der Waals surface area (Å²) < 4.78 is 5.03. The van der Waals surface area contributed by atoms with Crippen molar-refractivity contribution in [2.45, 2.75) is 13.3 Å². The summed E-state index contributed by atoms with van der Waals surface area (Å²) in [5.74, 6) is -1.08. The Bertz CT molecular complexity index is 1000. The number of amides is 2. The molecule has 4 rings (SSSR count). The van der Waals surface area contributed by atoms with Gasteiger partial charge in [-0.05, 0) is 47.9 Å². The molecule has 2 aromatic carbocycles. The predicted octanol–water partition coefficient (Wildman–Crippen LogP) is 3.76. The second-order valence-corrected chi connectivity index (χ2v) is 6.45. The van der Waals surface area contributed by atoms with Crippen molar-refractivity contribution in [3.63, 3.8) is 0 Å². The van der Waals surface area contributed by atoms with Crippen molar-refractivity contribution < 1.29 is 19.1 Å². The van der Waals surface area contributed by atoms with E-state index in [9.17, 15) is 14.4 Å². The van der Waals surface area contributed by atoms with Crippen LogP contribution in [0.3, 0.4) is 0 Å². The van der Waals surface area contributed by atoms with E-state index in [1.807, 2.05) is 30.4 Å². The number of allylic oxidation sites excluding steroid dienone is 3. The van der Waals surface area contributed by atoms with Crippen LogP contribution in [-0.4, -0.2) is 17.8 Å². The Labute approximate surface area is 156 Å². The van der Waals surface area contributed by atoms with E-state index in [1.165, 1.54) is 11.8 Å². The number of carbonyl (C=O) groups is 3. The van der Waals surface area contributed by atoms with Crippen LogP contribution in [0.1, 0.15) is 29.3 Å². The minimum absolute atomic E-state index is 0.257. The Morgan fingerprint density at radius 3 is 2.44 bits per heavy atom. The maximum absolute atomic E-state index is 13.3. The van der Waals surface area contributed by atoms with Crippen LogP contribution in [0.15, 0.2) is 66.8 Å². The summed E-state index contributed by atoms with van der Waals surface area (Å²) in [7, 11) is 0. The molecule has 0 aromatic heterocycles. The van der Waals surface area contributed by atoms with E-state index < -0.39 is 11.9 Å². The number of fused-ring (bicyclic) bond motifs is 3. The van der Waals surface area contributed by atoms with E-state index >= 15 is 0 Å². The molecule has 1 aliphatic heterocycles. The van der Waals surface area contributed by atoms with Crippen molar-refractivity contribution in [1.29, 1.82) is 0 Å². The quantitative estimate of drug-likeness (QED) is 0.465. The predicted molar refractivity (Wildman–Crippen MR) is 101 cm³/mol. The topological polar surface area (TPSA) is 63.7 Å². The molecule has 0 spiro atoms. The standard InChI is InChI=1S/C22H17NO4/c1-14(24)27-16-12-10-15(11-13-16)23-21(25)19-8-4-2-6-17(19)18-7-3-5-9-20(18)22(23)26/h2-8,10-13,20H,9H2,1H3. The molecule has 1 heterocycles. The fourth-order valence-corrected chi connectivity index (χ4v) is 3.51. The normalized spacial score (nSPS) is 18.3. The molecule has 0 bridgehead atoms. The minimum atomic E-state index is -0.428. The lowest BCUT2D eigenvalue weighted by molar-refractivity contribution is -0.131. The summed E-state index contributed by atoms with van der Waals surface area (Å²) in [6.07, 6.45) is 6.32. The first-order valence-corrected chi connectivity index (χ1v) is 8.69. The number of hydrogen-bond acceptors (Lipinski definition) is 4. The number of esters is 1. The average Bonchev–Trinajstić information content (AvgIpc) is 2.77. The van der Waals surface area contributed by atoms with Crippen molar-refractivity contribution in [1.82, 2.24) is 0 Å². The highest BCUT2D eigenvalue weighted by atomic mass is 16.5. The molecule has 2 aromatic rings. The largest absolute Gasteiger partial charge is 0.427 e. The zero-order valence-corrected chi connectivity index (χ0v) is 14.7. The zero-order chi connectivity index (χ0) is 19.0. The second kappa shape index (κ2) is 6.68. The summed E-state index contributed by atoms with van der Waals surface area (Å²) in [5, 5.41) is 0. The van der Waals surface area contributed by atoms with Gasteiger partial charge >= 0.3 is 5.97 Å². The molecule has 0 saturated carbocycles. The van der Waals surface area contributed by atoms with Crippen LogP contribution in [0, 0.1) is 5.92 Å². The van der Waals surface area contributed by atoms with Crippen molar-refractivity contribution in [2.24, 2.45) is 5.92 Å². The van der Waals surface area contributed by atoms with Crippen LogP contribution in [0.25, 0.3) is 5.57 Å². The molecule has 0 radical (unpaired) electrons. The van der Waals surface area contributed by atoms with Crippen LogP contribution in [0.4, 0.5) is 5.69 Å². The number of anilines is 1. The molecular formula is C22H17NO4. The van der Waals surface area contributed by atoms with E-state index in [-0.39, 0.29) is 11.8 Å². The third-order valence-electron chi connectivity index (χ3n) is 4.71. The fraction of sp³-hybridized carbons (Fsp3) is 0.136. The van der Waals surface area contributed by atoms with Crippen LogP contribution >= 0.6 is 0 Å². The number of hydrogen-bond donors (Lipinski definition) is 0. The smallest absolute Gasteiger partial charge is 0.308 e. The monoisotopic (exact) mass is 359 g/mol. The van der Waals surface area contributed by atoms with Gasteiger partial charge in [-0.25, -0.2) is 4.90 Å². The van der Waals surface area contributed by atoms with Crippen molar-refractivity contribution in [3.8, 4) is 5.75 Å². The lowest BCUT2D eigenvalue weighted by Gasteiger charge is -2.24. The van der Waals surface area contributed by atoms with E-state index in [0.717, 1.165) is 11.1 Å². The Hall–Kier alpha value is -3.47. The molecule has 27 heavy (non-hydrogen) atoms. The van der Waals surface area contributed by atoms with Gasteiger partial charge in [0.2, 0.25) is 5.91 Å². The zero-order valence-electron chi connectivity index (χ0n) is 14.7. The third-order valence-corrected chi connectivity index (χ3v) is 4.71. The molecule has 2 aliphatic rings. The molecule has 5 nitrogen and oxygen atoms in total. The molecule has 0 N–H and O–H groups in total. The Balaban J connectivity index is 1.81. The van der Waals surface area contributed by atoms with Crippen LogP contribution < -0.4 is 9.64 Å². The Morgan fingerprint density at radius 2 is 1.74 bits per heavy atom. The van der Waals surface area contributed by atoms with Gasteiger partial charge in [0.25, 0.3) is 5.91 Å². The summed E-state index contributed by atoms with van der Waals surface area (Å²) in [5.41, 5.74) is 2.61. The number of carbonyl (C=O) groups excluding carboxylic acids is 3. The van der Waals surface area contributed by atoms with Crippen LogP contribution in [0.2, 0.25) is 0 Å². The maximum atomic E-state index is 13.3. The lowest BCUT2D eigenvalue weighted by atomic mass is 9.85. The van der Waals surface area contributed by atoms with Crippen molar-refractivity contribution in [3.05, 3.63) is 77.9 Å². The van der Waals surface area contributed by atoms with Gasteiger partial charge in [0.1, 0.15) is 5.75 Å².